The van der Waals surface area contributed by atoms with Gasteiger partial charge in [0.2, 0.25) is 12.4 Å². The number of aliphatic hydroxyl groups is 1. The first-order chi connectivity index (χ1) is 9.76. The standard InChI is InChI=1S/C13H20O8/c1-6-10(5-14)21-13(20-9(4)17)12(19-8(3)16)11(6)18-7(2)15/h6,10-14H,5H2,1-4H3/t6-,10-,11+,12+,13?/m0/s1. The van der Waals surface area contributed by atoms with Crippen molar-refractivity contribution in [2.75, 3.05) is 6.61 Å². The Morgan fingerprint density at radius 3 is 1.86 bits per heavy atom. The molecule has 8 heteroatoms. The summed E-state index contributed by atoms with van der Waals surface area (Å²) in [7, 11) is 0. The molecule has 0 saturated carbocycles. The molecule has 1 fully saturated rings. The van der Waals surface area contributed by atoms with Crippen molar-refractivity contribution in [1.29, 1.82) is 0 Å². The van der Waals surface area contributed by atoms with Gasteiger partial charge in [-0.1, -0.05) is 6.92 Å². The number of hydrogen-bond donors (Lipinski definition) is 1. The molecular formula is C13H20O8. The van der Waals surface area contributed by atoms with Crippen molar-refractivity contribution in [3.63, 3.8) is 0 Å². The maximum absolute atomic E-state index is 11.2. The van der Waals surface area contributed by atoms with E-state index in [0.29, 0.717) is 0 Å². The van der Waals surface area contributed by atoms with Crippen LogP contribution in [0.2, 0.25) is 0 Å². The van der Waals surface area contributed by atoms with Crippen LogP contribution >= 0.6 is 0 Å². The average molecular weight is 304 g/mol. The van der Waals surface area contributed by atoms with Gasteiger partial charge in [-0.15, -0.1) is 0 Å². The minimum Gasteiger partial charge on any atom is -0.458 e. The van der Waals surface area contributed by atoms with Crippen molar-refractivity contribution < 1.29 is 38.4 Å². The fourth-order valence-corrected chi connectivity index (χ4v) is 2.19. The summed E-state index contributed by atoms with van der Waals surface area (Å²) in [6, 6.07) is 0. The second-order valence-electron chi connectivity index (χ2n) is 4.84. The lowest BCUT2D eigenvalue weighted by Crippen LogP contribution is -2.58. The quantitative estimate of drug-likeness (QED) is 0.560. The molecule has 5 atom stereocenters. The van der Waals surface area contributed by atoms with Crippen LogP contribution in [0, 0.1) is 5.92 Å². The summed E-state index contributed by atoms with van der Waals surface area (Å²) in [6.07, 6.45) is -3.94. The fraction of sp³-hybridized carbons (Fsp3) is 0.769. The van der Waals surface area contributed by atoms with Crippen LogP contribution in [-0.4, -0.2) is 54.2 Å². The average Bonchev–Trinajstić information content (AvgIpc) is 2.35. The third kappa shape index (κ3) is 4.68. The van der Waals surface area contributed by atoms with Gasteiger partial charge < -0.3 is 24.1 Å². The zero-order chi connectivity index (χ0) is 16.2. The van der Waals surface area contributed by atoms with E-state index >= 15 is 0 Å². The van der Waals surface area contributed by atoms with Gasteiger partial charge in [0.1, 0.15) is 6.10 Å². The summed E-state index contributed by atoms with van der Waals surface area (Å²) in [5.41, 5.74) is 0. The van der Waals surface area contributed by atoms with Gasteiger partial charge in [-0.3, -0.25) is 14.4 Å². The number of hydrogen-bond acceptors (Lipinski definition) is 8. The van der Waals surface area contributed by atoms with E-state index in [0.717, 1.165) is 0 Å². The monoisotopic (exact) mass is 304 g/mol. The van der Waals surface area contributed by atoms with Crippen LogP contribution in [0.25, 0.3) is 0 Å². The Hall–Kier alpha value is -1.67. The normalized spacial score (nSPS) is 32.1. The van der Waals surface area contributed by atoms with Crippen LogP contribution < -0.4 is 0 Å². The van der Waals surface area contributed by atoms with Crippen LogP contribution in [-0.2, 0) is 33.3 Å². The van der Waals surface area contributed by atoms with E-state index in [-0.39, 0.29) is 6.61 Å². The highest BCUT2D eigenvalue weighted by Crippen LogP contribution is 2.31. The van der Waals surface area contributed by atoms with Crippen molar-refractivity contribution in [2.24, 2.45) is 5.92 Å². The third-order valence-corrected chi connectivity index (χ3v) is 3.07. The third-order valence-electron chi connectivity index (χ3n) is 3.07. The number of ether oxygens (including phenoxy) is 4. The SMILES string of the molecule is CC(=O)OC1O[C@@H](CO)[C@H](C)[C@@H](OC(C)=O)[C@H]1OC(C)=O. The van der Waals surface area contributed by atoms with E-state index in [4.69, 9.17) is 18.9 Å². The van der Waals surface area contributed by atoms with Gasteiger partial charge in [-0.2, -0.15) is 0 Å². The molecule has 8 nitrogen and oxygen atoms in total. The highest BCUT2D eigenvalue weighted by atomic mass is 16.7. The zero-order valence-corrected chi connectivity index (χ0v) is 12.4. The Morgan fingerprint density at radius 1 is 0.952 bits per heavy atom. The Bertz CT molecular complexity index is 407. The Kier molecular flexibility index (Phi) is 6.10. The minimum atomic E-state index is -1.25. The molecule has 21 heavy (non-hydrogen) atoms. The molecular weight excluding hydrogens is 284 g/mol. The summed E-state index contributed by atoms with van der Waals surface area (Å²) in [4.78, 5) is 33.6. The molecule has 0 radical (unpaired) electrons. The van der Waals surface area contributed by atoms with Crippen LogP contribution in [0.4, 0.5) is 0 Å². The molecule has 1 rings (SSSR count). The lowest BCUT2D eigenvalue weighted by Gasteiger charge is -2.42. The largest absolute Gasteiger partial charge is 0.458 e. The maximum atomic E-state index is 11.2. The molecule has 1 saturated heterocycles. The predicted molar refractivity (Wildman–Crippen MR) is 67.8 cm³/mol. The first-order valence-corrected chi connectivity index (χ1v) is 6.54. The van der Waals surface area contributed by atoms with Gasteiger partial charge in [-0.25, -0.2) is 0 Å². The fourth-order valence-electron chi connectivity index (χ4n) is 2.19. The highest BCUT2D eigenvalue weighted by molar-refractivity contribution is 5.68. The molecule has 0 bridgehead atoms. The van der Waals surface area contributed by atoms with Crippen molar-refractivity contribution in [3.05, 3.63) is 0 Å². The summed E-state index contributed by atoms with van der Waals surface area (Å²) >= 11 is 0. The van der Waals surface area contributed by atoms with Gasteiger partial charge in [0, 0.05) is 26.7 Å². The number of rotatable bonds is 4. The topological polar surface area (TPSA) is 108 Å². The smallest absolute Gasteiger partial charge is 0.305 e. The predicted octanol–water partition coefficient (Wildman–Crippen LogP) is -0.234. The molecule has 1 aliphatic rings. The van der Waals surface area contributed by atoms with E-state index in [1.54, 1.807) is 6.92 Å². The molecule has 0 spiro atoms. The molecule has 0 amide bonds. The zero-order valence-electron chi connectivity index (χ0n) is 12.4. The van der Waals surface area contributed by atoms with E-state index in [1.807, 2.05) is 0 Å². The first kappa shape index (κ1) is 17.4. The highest BCUT2D eigenvalue weighted by Gasteiger charge is 2.49. The number of esters is 3. The molecule has 0 aromatic heterocycles. The summed E-state index contributed by atoms with van der Waals surface area (Å²) < 4.78 is 20.6. The first-order valence-electron chi connectivity index (χ1n) is 6.54. The Morgan fingerprint density at radius 2 is 1.43 bits per heavy atom. The molecule has 0 aromatic rings. The lowest BCUT2D eigenvalue weighted by atomic mass is 9.90. The van der Waals surface area contributed by atoms with Crippen molar-refractivity contribution in [1.82, 2.24) is 0 Å². The van der Waals surface area contributed by atoms with E-state index in [1.165, 1.54) is 20.8 Å². The second-order valence-corrected chi connectivity index (χ2v) is 4.84. The van der Waals surface area contributed by atoms with Gasteiger partial charge in [-0.05, 0) is 0 Å². The molecule has 1 unspecified atom stereocenters. The molecule has 1 heterocycles. The molecule has 1 aliphatic heterocycles. The van der Waals surface area contributed by atoms with Crippen molar-refractivity contribution in [3.8, 4) is 0 Å². The van der Waals surface area contributed by atoms with Gasteiger partial charge >= 0.3 is 17.9 Å². The van der Waals surface area contributed by atoms with Crippen molar-refractivity contribution >= 4 is 17.9 Å². The molecule has 0 aliphatic carbocycles. The minimum absolute atomic E-state index is 0.358. The van der Waals surface area contributed by atoms with Crippen LogP contribution in [0.1, 0.15) is 27.7 Å². The maximum Gasteiger partial charge on any atom is 0.305 e. The Balaban J connectivity index is 3.05. The van der Waals surface area contributed by atoms with Gasteiger partial charge in [0.05, 0.1) is 12.7 Å². The van der Waals surface area contributed by atoms with Crippen LogP contribution in [0.5, 0.6) is 0 Å². The number of carbonyl (C=O) groups excluding carboxylic acids is 3. The summed E-state index contributed by atoms with van der Waals surface area (Å²) in [5.74, 6) is -2.31. The van der Waals surface area contributed by atoms with Gasteiger partial charge in [0.25, 0.3) is 0 Å². The Labute approximate surface area is 122 Å². The molecule has 0 aromatic carbocycles. The number of aliphatic hydroxyl groups excluding tert-OH is 1. The van der Waals surface area contributed by atoms with Crippen LogP contribution in [0.3, 0.4) is 0 Å². The van der Waals surface area contributed by atoms with Crippen LogP contribution in [0.15, 0.2) is 0 Å². The van der Waals surface area contributed by atoms with Crippen molar-refractivity contribution in [2.45, 2.75) is 52.3 Å². The lowest BCUT2D eigenvalue weighted by molar-refractivity contribution is -0.285. The second kappa shape index (κ2) is 7.37. The molecule has 1 N–H and O–H groups in total. The molecule has 120 valence electrons. The van der Waals surface area contributed by atoms with Gasteiger partial charge in [0.15, 0.2) is 0 Å². The van der Waals surface area contributed by atoms with E-state index in [2.05, 4.69) is 0 Å². The summed E-state index contributed by atoms with van der Waals surface area (Å²) in [6.45, 7) is 4.87. The van der Waals surface area contributed by atoms with E-state index < -0.39 is 48.4 Å². The number of carbonyl (C=O) groups is 3. The summed E-state index contributed by atoms with van der Waals surface area (Å²) in [5, 5.41) is 9.32. The van der Waals surface area contributed by atoms with E-state index in [9.17, 15) is 19.5 Å².